The highest BCUT2D eigenvalue weighted by atomic mass is 16.5. The molecular weight excluding hydrogens is 288 g/mol. The van der Waals surface area contributed by atoms with Crippen LogP contribution < -0.4 is 14.6 Å². The predicted octanol–water partition coefficient (Wildman–Crippen LogP) is 2.45. The molecule has 0 unspecified atom stereocenters. The highest BCUT2D eigenvalue weighted by Crippen LogP contribution is 2.16. The maximum absolute atomic E-state index is 12.1. The maximum atomic E-state index is 12.1. The van der Waals surface area contributed by atoms with Gasteiger partial charge in [0.1, 0.15) is 5.75 Å². The summed E-state index contributed by atoms with van der Waals surface area (Å²) in [5.41, 5.74) is 0.965. The standard InChI is InChI=1S/C19H18N2O2/c1-23-18-9-5-4-7-16(18)12-20-19(22)14-21-11-10-15-6-2-3-8-17(15)13-21/h2-11,13H,12,14H2,1H3/p+1. The van der Waals surface area contributed by atoms with Crippen LogP contribution in [0.5, 0.6) is 5.75 Å². The Labute approximate surface area is 135 Å². The zero-order valence-corrected chi connectivity index (χ0v) is 13.0. The van der Waals surface area contributed by atoms with Crippen molar-refractivity contribution in [3.63, 3.8) is 0 Å². The van der Waals surface area contributed by atoms with Gasteiger partial charge in [-0.3, -0.25) is 4.79 Å². The van der Waals surface area contributed by atoms with Crippen molar-refractivity contribution in [1.82, 2.24) is 5.32 Å². The summed E-state index contributed by atoms with van der Waals surface area (Å²) >= 11 is 0. The van der Waals surface area contributed by atoms with Crippen molar-refractivity contribution in [2.24, 2.45) is 0 Å². The summed E-state index contributed by atoms with van der Waals surface area (Å²) < 4.78 is 7.18. The van der Waals surface area contributed by atoms with Gasteiger partial charge in [-0.05, 0) is 17.5 Å². The Morgan fingerprint density at radius 2 is 1.78 bits per heavy atom. The van der Waals surface area contributed by atoms with Gasteiger partial charge in [-0.25, -0.2) is 0 Å². The molecule has 116 valence electrons. The molecule has 1 aromatic heterocycles. The maximum Gasteiger partial charge on any atom is 0.286 e. The average molecular weight is 307 g/mol. The number of para-hydroxylation sites is 1. The van der Waals surface area contributed by atoms with E-state index in [9.17, 15) is 4.79 Å². The molecule has 0 radical (unpaired) electrons. The van der Waals surface area contributed by atoms with Gasteiger partial charge in [-0.15, -0.1) is 0 Å². The molecule has 1 amide bonds. The Morgan fingerprint density at radius 1 is 1.04 bits per heavy atom. The van der Waals surface area contributed by atoms with E-state index in [0.717, 1.165) is 22.1 Å². The summed E-state index contributed by atoms with van der Waals surface area (Å²) in [5.74, 6) is 0.752. The third kappa shape index (κ3) is 3.66. The van der Waals surface area contributed by atoms with E-state index in [2.05, 4.69) is 11.4 Å². The van der Waals surface area contributed by atoms with Crippen molar-refractivity contribution >= 4 is 16.7 Å². The minimum atomic E-state index is -0.0313. The molecule has 23 heavy (non-hydrogen) atoms. The molecule has 2 aromatic carbocycles. The summed E-state index contributed by atoms with van der Waals surface area (Å²) in [6.07, 6.45) is 3.91. The minimum absolute atomic E-state index is 0.0313. The Bertz CT molecular complexity index is 830. The fourth-order valence-corrected chi connectivity index (χ4v) is 2.54. The van der Waals surface area contributed by atoms with Crippen LogP contribution in [0, 0.1) is 0 Å². The van der Waals surface area contributed by atoms with Crippen molar-refractivity contribution in [3.05, 3.63) is 72.6 Å². The van der Waals surface area contributed by atoms with Gasteiger partial charge in [0.25, 0.3) is 5.91 Å². The highest BCUT2D eigenvalue weighted by Gasteiger charge is 2.11. The van der Waals surface area contributed by atoms with Crippen LogP contribution in [0.3, 0.4) is 0 Å². The van der Waals surface area contributed by atoms with Gasteiger partial charge in [0, 0.05) is 23.6 Å². The lowest BCUT2D eigenvalue weighted by Gasteiger charge is -2.08. The topological polar surface area (TPSA) is 42.2 Å². The summed E-state index contributed by atoms with van der Waals surface area (Å²) in [4.78, 5) is 12.1. The third-order valence-corrected chi connectivity index (χ3v) is 3.74. The van der Waals surface area contributed by atoms with Gasteiger partial charge >= 0.3 is 0 Å². The Balaban J connectivity index is 1.64. The van der Waals surface area contributed by atoms with Crippen LogP contribution in [-0.2, 0) is 17.9 Å². The number of pyridine rings is 1. The SMILES string of the molecule is COc1ccccc1CNC(=O)C[n+]1ccc2ccccc2c1. The zero-order valence-electron chi connectivity index (χ0n) is 13.0. The Kier molecular flexibility index (Phi) is 4.52. The van der Waals surface area contributed by atoms with E-state index in [-0.39, 0.29) is 5.91 Å². The number of methoxy groups -OCH3 is 1. The lowest BCUT2D eigenvalue weighted by atomic mass is 10.2. The second-order valence-electron chi connectivity index (χ2n) is 5.33. The largest absolute Gasteiger partial charge is 0.496 e. The predicted molar refractivity (Wildman–Crippen MR) is 89.0 cm³/mol. The number of hydrogen-bond acceptors (Lipinski definition) is 2. The van der Waals surface area contributed by atoms with E-state index in [1.54, 1.807) is 7.11 Å². The molecule has 0 bridgehead atoms. The van der Waals surface area contributed by atoms with Gasteiger partial charge in [0.15, 0.2) is 12.4 Å². The van der Waals surface area contributed by atoms with Gasteiger partial charge in [0.05, 0.1) is 7.11 Å². The summed E-state index contributed by atoms with van der Waals surface area (Å²) in [5, 5.41) is 5.21. The molecule has 0 saturated carbocycles. The first kappa shape index (κ1) is 15.0. The van der Waals surface area contributed by atoms with Crippen LogP contribution in [-0.4, -0.2) is 13.0 Å². The first-order valence-electron chi connectivity index (χ1n) is 7.53. The number of nitrogens with zero attached hydrogens (tertiary/aromatic N) is 1. The molecule has 0 aliphatic carbocycles. The quantitative estimate of drug-likeness (QED) is 0.736. The van der Waals surface area contributed by atoms with Gasteiger partial charge in [-0.2, -0.15) is 4.57 Å². The van der Waals surface area contributed by atoms with Crippen molar-refractivity contribution in [3.8, 4) is 5.75 Å². The molecule has 0 aliphatic heterocycles. The molecular formula is C19H19N2O2+. The molecule has 0 fully saturated rings. The van der Waals surface area contributed by atoms with E-state index in [0.29, 0.717) is 13.1 Å². The number of nitrogens with one attached hydrogen (secondary N) is 1. The number of amides is 1. The van der Waals surface area contributed by atoms with E-state index in [4.69, 9.17) is 4.74 Å². The molecule has 3 rings (SSSR count). The summed E-state index contributed by atoms with van der Waals surface area (Å²) in [6, 6.07) is 17.8. The van der Waals surface area contributed by atoms with Crippen LogP contribution >= 0.6 is 0 Å². The number of fused-ring (bicyclic) bond motifs is 1. The Hall–Kier alpha value is -2.88. The molecule has 4 nitrogen and oxygen atoms in total. The number of aromatic nitrogens is 1. The first-order valence-corrected chi connectivity index (χ1v) is 7.53. The number of benzene rings is 2. The summed E-state index contributed by atoms with van der Waals surface area (Å²) in [7, 11) is 1.63. The number of carbonyl (C=O) groups excluding carboxylic acids is 1. The molecule has 0 atom stereocenters. The molecule has 0 aliphatic rings. The fraction of sp³-hybridized carbons (Fsp3) is 0.158. The number of carbonyl (C=O) groups is 1. The molecule has 0 spiro atoms. The van der Waals surface area contributed by atoms with Gasteiger partial charge in [0.2, 0.25) is 6.54 Å². The lowest BCUT2D eigenvalue weighted by Crippen LogP contribution is -2.42. The molecule has 4 heteroatoms. The third-order valence-electron chi connectivity index (χ3n) is 3.74. The first-order chi connectivity index (χ1) is 11.3. The second-order valence-corrected chi connectivity index (χ2v) is 5.33. The molecule has 3 aromatic rings. The van der Waals surface area contributed by atoms with Crippen molar-refractivity contribution in [2.75, 3.05) is 7.11 Å². The number of rotatable bonds is 5. The van der Waals surface area contributed by atoms with Crippen LogP contribution in [0.15, 0.2) is 67.0 Å². The zero-order chi connectivity index (χ0) is 16.1. The van der Waals surface area contributed by atoms with Gasteiger partial charge < -0.3 is 10.1 Å². The normalized spacial score (nSPS) is 10.5. The van der Waals surface area contributed by atoms with Gasteiger partial charge in [-0.1, -0.05) is 36.4 Å². The number of hydrogen-bond donors (Lipinski definition) is 1. The van der Waals surface area contributed by atoms with E-state index < -0.39 is 0 Å². The summed E-state index contributed by atoms with van der Waals surface area (Å²) in [6.45, 7) is 0.747. The lowest BCUT2D eigenvalue weighted by molar-refractivity contribution is -0.683. The van der Waals surface area contributed by atoms with Crippen molar-refractivity contribution in [2.45, 2.75) is 13.1 Å². The monoisotopic (exact) mass is 307 g/mol. The molecule has 0 saturated heterocycles. The van der Waals surface area contributed by atoms with Crippen LogP contribution in [0.4, 0.5) is 0 Å². The van der Waals surface area contributed by atoms with E-state index >= 15 is 0 Å². The average Bonchev–Trinajstić information content (AvgIpc) is 2.60. The van der Waals surface area contributed by atoms with Crippen molar-refractivity contribution in [1.29, 1.82) is 0 Å². The highest BCUT2D eigenvalue weighted by molar-refractivity contribution is 5.80. The van der Waals surface area contributed by atoms with Crippen molar-refractivity contribution < 1.29 is 14.1 Å². The molecule has 1 N–H and O–H groups in total. The van der Waals surface area contributed by atoms with Crippen LogP contribution in [0.1, 0.15) is 5.56 Å². The van der Waals surface area contributed by atoms with Crippen LogP contribution in [0.25, 0.3) is 10.8 Å². The molecule has 1 heterocycles. The van der Waals surface area contributed by atoms with E-state index in [1.807, 2.05) is 65.5 Å². The van der Waals surface area contributed by atoms with Crippen LogP contribution in [0.2, 0.25) is 0 Å². The fourth-order valence-electron chi connectivity index (χ4n) is 2.54. The minimum Gasteiger partial charge on any atom is -0.496 e. The number of ether oxygens (including phenoxy) is 1. The van der Waals surface area contributed by atoms with E-state index in [1.165, 1.54) is 0 Å². The Morgan fingerprint density at radius 3 is 2.61 bits per heavy atom. The smallest absolute Gasteiger partial charge is 0.286 e. The second kappa shape index (κ2) is 6.92.